The number of amides is 4. The lowest BCUT2D eigenvalue weighted by molar-refractivity contribution is -0.140. The van der Waals surface area contributed by atoms with Gasteiger partial charge in [-0.1, -0.05) is 36.8 Å². The average Bonchev–Trinajstić information content (AvgIpc) is 3.39. The molecule has 12 nitrogen and oxygen atoms in total. The Balaban J connectivity index is 1.30. The number of rotatable bonds is 13. The molecule has 0 saturated heterocycles. The molecule has 1 heterocycles. The third kappa shape index (κ3) is 8.61. The molecule has 0 aliphatic heterocycles. The Hall–Kier alpha value is -5.30. The maximum absolute atomic E-state index is 14.0. The van der Waals surface area contributed by atoms with Crippen LogP contribution in [0.15, 0.2) is 60.7 Å². The molecule has 0 spiro atoms. The van der Waals surface area contributed by atoms with Crippen molar-refractivity contribution < 1.29 is 28.7 Å². The largest absolute Gasteiger partial charge is 0.480 e. The second kappa shape index (κ2) is 14.7. The number of carboxylic acid groups (broad SMARTS) is 1. The number of urea groups is 1. The second-order valence-corrected chi connectivity index (χ2v) is 10.3. The van der Waals surface area contributed by atoms with E-state index in [1.54, 1.807) is 31.2 Å². The number of aromatic nitrogens is 2. The number of hydrogen-bond acceptors (Lipinski definition) is 6. The van der Waals surface area contributed by atoms with Crippen LogP contribution in [0.2, 0.25) is 0 Å². The summed E-state index contributed by atoms with van der Waals surface area (Å²) in [5.74, 6) is -2.00. The molecule has 4 aromatic rings. The number of fused-ring (bicyclic) bond motifs is 1. The summed E-state index contributed by atoms with van der Waals surface area (Å²) in [5.41, 5.74) is 9.15. The smallest absolute Gasteiger partial charge is 0.323 e. The number of halogens is 1. The summed E-state index contributed by atoms with van der Waals surface area (Å²) >= 11 is 0. The molecule has 8 N–H and O–H groups in total. The zero-order chi connectivity index (χ0) is 31.6. The fraction of sp³-hybridized carbons (Fsp3) is 0.258. The van der Waals surface area contributed by atoms with E-state index in [1.165, 1.54) is 6.07 Å². The zero-order valence-electron chi connectivity index (χ0n) is 24.1. The van der Waals surface area contributed by atoms with Crippen molar-refractivity contribution in [3.8, 4) is 11.1 Å². The number of nitrogens with two attached hydrogens (primary N) is 1. The molecule has 0 aliphatic rings. The summed E-state index contributed by atoms with van der Waals surface area (Å²) in [6.07, 6.45) is 1.87. The van der Waals surface area contributed by atoms with Crippen LogP contribution in [0, 0.1) is 12.7 Å². The van der Waals surface area contributed by atoms with Gasteiger partial charge in [-0.05, 0) is 66.8 Å². The predicted octanol–water partition coefficient (Wildman–Crippen LogP) is 4.74. The lowest BCUT2D eigenvalue weighted by atomic mass is 10.0. The Bertz CT molecular complexity index is 1660. The van der Waals surface area contributed by atoms with Crippen LogP contribution >= 0.6 is 0 Å². The van der Waals surface area contributed by atoms with Crippen LogP contribution in [0.4, 0.5) is 26.4 Å². The first-order valence-electron chi connectivity index (χ1n) is 14.1. The number of hydrogen-bond donors (Lipinski definition) is 7. The fourth-order valence-corrected chi connectivity index (χ4v) is 4.53. The maximum atomic E-state index is 14.0. The van der Waals surface area contributed by atoms with E-state index in [0.29, 0.717) is 37.3 Å². The van der Waals surface area contributed by atoms with Crippen molar-refractivity contribution in [1.82, 2.24) is 15.5 Å². The molecule has 0 fully saturated rings. The number of H-pyrrole nitrogens is 1. The lowest BCUT2D eigenvalue weighted by Gasteiger charge is -2.11. The first-order valence-corrected chi connectivity index (χ1v) is 14.1. The summed E-state index contributed by atoms with van der Waals surface area (Å²) < 4.78 is 14.0. The molecule has 0 radical (unpaired) electrons. The summed E-state index contributed by atoms with van der Waals surface area (Å²) in [4.78, 5) is 47.5. The van der Waals surface area contributed by atoms with Gasteiger partial charge < -0.3 is 32.1 Å². The monoisotopic (exact) mass is 603 g/mol. The van der Waals surface area contributed by atoms with Crippen LogP contribution in [-0.2, 0) is 14.4 Å². The van der Waals surface area contributed by atoms with Crippen LogP contribution in [-0.4, -0.2) is 51.7 Å². The number of aryl methyl sites for hydroxylation is 1. The molecule has 4 amide bonds. The van der Waals surface area contributed by atoms with Gasteiger partial charge in [-0.15, -0.1) is 0 Å². The Labute approximate surface area is 252 Å². The summed E-state index contributed by atoms with van der Waals surface area (Å²) in [6.45, 7) is 2.17. The van der Waals surface area contributed by atoms with Crippen molar-refractivity contribution in [2.24, 2.45) is 5.73 Å². The molecule has 4 rings (SSSR count). The topological polar surface area (TPSA) is 191 Å². The van der Waals surface area contributed by atoms with Crippen LogP contribution < -0.4 is 27.0 Å². The van der Waals surface area contributed by atoms with E-state index in [1.807, 2.05) is 30.3 Å². The number of carboxylic acids is 1. The van der Waals surface area contributed by atoms with Gasteiger partial charge in [0.05, 0.1) is 23.0 Å². The molecule has 1 aromatic heterocycles. The van der Waals surface area contributed by atoms with Crippen LogP contribution in [0.5, 0.6) is 0 Å². The molecular weight excluding hydrogens is 569 g/mol. The molecule has 0 bridgehead atoms. The SMILES string of the molecule is Cc1ccc(F)c(NC(=O)Nc2ccc(-c3cccc4[nH]nc(NC(=O)CCCCCNC(=O)C[C@H](N)C(=O)O)c34)cc2)c1. The highest BCUT2D eigenvalue weighted by molar-refractivity contribution is 6.07. The Morgan fingerprint density at radius 1 is 0.955 bits per heavy atom. The van der Waals surface area contributed by atoms with Gasteiger partial charge >= 0.3 is 12.0 Å². The molecule has 0 saturated carbocycles. The molecule has 230 valence electrons. The van der Waals surface area contributed by atoms with Gasteiger partial charge in [-0.25, -0.2) is 9.18 Å². The molecule has 1 atom stereocenters. The lowest BCUT2D eigenvalue weighted by Crippen LogP contribution is -2.37. The number of unbranched alkanes of at least 4 members (excludes halogenated alkanes) is 2. The minimum Gasteiger partial charge on any atom is -0.480 e. The van der Waals surface area contributed by atoms with E-state index in [9.17, 15) is 23.6 Å². The van der Waals surface area contributed by atoms with Gasteiger partial charge in [0.2, 0.25) is 11.8 Å². The number of aromatic amines is 1. The number of nitrogens with zero attached hydrogens (tertiary/aromatic N) is 1. The van der Waals surface area contributed by atoms with Gasteiger partial charge in [-0.3, -0.25) is 19.5 Å². The summed E-state index contributed by atoms with van der Waals surface area (Å²) in [5, 5.41) is 27.4. The van der Waals surface area contributed by atoms with E-state index in [-0.39, 0.29) is 24.4 Å². The van der Waals surface area contributed by atoms with Gasteiger partial charge in [-0.2, -0.15) is 5.10 Å². The third-order valence-electron chi connectivity index (χ3n) is 6.80. The minimum atomic E-state index is -1.23. The van der Waals surface area contributed by atoms with Crippen LogP contribution in [0.25, 0.3) is 22.0 Å². The number of aliphatic carboxylic acids is 1. The Kier molecular flexibility index (Phi) is 10.6. The normalized spacial score (nSPS) is 11.5. The highest BCUT2D eigenvalue weighted by Gasteiger charge is 2.16. The first-order chi connectivity index (χ1) is 21.1. The number of nitrogens with one attached hydrogen (secondary N) is 5. The Morgan fingerprint density at radius 2 is 1.73 bits per heavy atom. The number of anilines is 3. The molecule has 13 heteroatoms. The quantitative estimate of drug-likeness (QED) is 0.107. The maximum Gasteiger partial charge on any atom is 0.323 e. The van der Waals surface area contributed by atoms with Crippen LogP contribution in [0.1, 0.15) is 37.7 Å². The zero-order valence-corrected chi connectivity index (χ0v) is 24.1. The molecular formula is C31H34FN7O5. The average molecular weight is 604 g/mol. The van der Waals surface area contributed by atoms with E-state index in [2.05, 4.69) is 31.5 Å². The predicted molar refractivity (Wildman–Crippen MR) is 166 cm³/mol. The van der Waals surface area contributed by atoms with Crippen molar-refractivity contribution in [2.45, 2.75) is 45.1 Å². The standard InChI is InChI=1S/C31H34FN7O5/c1-18-9-14-22(32)25(16-18)36-31(44)35-20-12-10-19(11-13-20)21-6-5-7-24-28(21)29(39-38-24)37-26(40)8-3-2-4-15-34-27(41)17-23(33)30(42)43/h5-7,9-14,16,23H,2-4,8,15,17,33H2,1H3,(H,34,41)(H,42,43)(H2,35,36,44)(H2,37,38,39,40)/t23-/m0/s1. The summed E-state index contributed by atoms with van der Waals surface area (Å²) in [7, 11) is 0. The van der Waals surface area contributed by atoms with Gasteiger partial charge in [0.25, 0.3) is 0 Å². The van der Waals surface area contributed by atoms with E-state index in [0.717, 1.165) is 27.6 Å². The molecule has 3 aromatic carbocycles. The second-order valence-electron chi connectivity index (χ2n) is 10.3. The number of benzene rings is 3. The minimum absolute atomic E-state index is 0.0874. The number of carbonyl (C=O) groups is 4. The molecule has 0 aliphatic carbocycles. The van der Waals surface area contributed by atoms with Crippen molar-refractivity contribution >= 4 is 51.9 Å². The molecule has 0 unspecified atom stereocenters. The van der Waals surface area contributed by atoms with E-state index in [4.69, 9.17) is 10.8 Å². The summed E-state index contributed by atoms with van der Waals surface area (Å²) in [6, 6.07) is 15.4. The van der Waals surface area contributed by atoms with Crippen molar-refractivity contribution in [2.75, 3.05) is 22.5 Å². The third-order valence-corrected chi connectivity index (χ3v) is 6.80. The first kappa shape index (κ1) is 31.6. The highest BCUT2D eigenvalue weighted by Crippen LogP contribution is 2.33. The Morgan fingerprint density at radius 3 is 2.48 bits per heavy atom. The highest BCUT2D eigenvalue weighted by atomic mass is 19.1. The van der Waals surface area contributed by atoms with Gasteiger partial charge in [0.15, 0.2) is 5.82 Å². The van der Waals surface area contributed by atoms with Crippen molar-refractivity contribution in [1.29, 1.82) is 0 Å². The number of carbonyl (C=O) groups excluding carboxylic acids is 3. The van der Waals surface area contributed by atoms with Crippen molar-refractivity contribution in [3.05, 3.63) is 72.0 Å². The van der Waals surface area contributed by atoms with Gasteiger partial charge in [0.1, 0.15) is 11.9 Å². The van der Waals surface area contributed by atoms with Crippen LogP contribution in [0.3, 0.4) is 0 Å². The van der Waals surface area contributed by atoms with Gasteiger partial charge in [0, 0.05) is 18.7 Å². The molecule has 44 heavy (non-hydrogen) atoms. The van der Waals surface area contributed by atoms with E-state index < -0.39 is 29.8 Å². The van der Waals surface area contributed by atoms with Crippen molar-refractivity contribution in [3.63, 3.8) is 0 Å². The van der Waals surface area contributed by atoms with E-state index >= 15 is 0 Å². The fourth-order valence-electron chi connectivity index (χ4n) is 4.53.